The Balaban J connectivity index is 1.35. The first kappa shape index (κ1) is 33.8. The first-order valence-corrected chi connectivity index (χ1v) is 18.2. The largest absolute Gasteiger partial charge is 0.460 e. The zero-order valence-electron chi connectivity index (χ0n) is 28.9. The monoisotopic (exact) mass is 668 g/mol. The van der Waals surface area contributed by atoms with Crippen molar-refractivity contribution < 1.29 is 9.53 Å². The fourth-order valence-electron chi connectivity index (χ4n) is 11.9. The first-order valence-electron chi connectivity index (χ1n) is 17.5. The summed E-state index contributed by atoms with van der Waals surface area (Å²) in [5.41, 5.74) is 14.4. The highest BCUT2D eigenvalue weighted by Gasteiger charge is 2.69. The van der Waals surface area contributed by atoms with Gasteiger partial charge in [-0.15, -0.1) is 5.10 Å². The van der Waals surface area contributed by atoms with E-state index >= 15 is 0 Å². The van der Waals surface area contributed by atoms with Crippen LogP contribution < -0.4 is 11.5 Å². The van der Waals surface area contributed by atoms with E-state index in [1.54, 1.807) is 12.1 Å². The molecule has 0 aromatic heterocycles. The minimum Gasteiger partial charge on any atom is -0.460 e. The first-order chi connectivity index (χ1) is 21.5. The molecule has 9 atom stereocenters. The van der Waals surface area contributed by atoms with E-state index in [0.717, 1.165) is 57.1 Å². The van der Waals surface area contributed by atoms with Gasteiger partial charge >= 0.3 is 5.97 Å². The normalized spacial score (nSPS) is 42.1. The molecule has 0 heterocycles. The Morgan fingerprint density at radius 1 is 0.957 bits per heavy atom. The number of ether oxygens (including phenoxy) is 1. The van der Waals surface area contributed by atoms with Crippen LogP contribution in [-0.2, 0) is 16.1 Å². The molecule has 5 aliphatic rings. The van der Waals surface area contributed by atoms with Crippen molar-refractivity contribution in [2.75, 3.05) is 0 Å². The summed E-state index contributed by atoms with van der Waals surface area (Å²) < 4.78 is 6.20. The van der Waals surface area contributed by atoms with E-state index in [4.69, 9.17) is 39.4 Å². The molecule has 252 valence electrons. The summed E-state index contributed by atoms with van der Waals surface area (Å²) in [5.74, 6) is 2.12. The molecule has 46 heavy (non-hydrogen) atoms. The number of carbonyl (C=O) groups is 1. The van der Waals surface area contributed by atoms with Crippen LogP contribution in [0, 0.1) is 56.7 Å². The third-order valence-electron chi connectivity index (χ3n) is 14.9. The van der Waals surface area contributed by atoms with Gasteiger partial charge in [0.05, 0.1) is 5.41 Å². The van der Waals surface area contributed by atoms with E-state index in [0.29, 0.717) is 39.3 Å². The van der Waals surface area contributed by atoms with Gasteiger partial charge in [-0.25, -0.2) is 0 Å². The molecule has 6 rings (SSSR count). The number of hydrogen-bond acceptors (Lipinski definition) is 4. The molecule has 4 saturated carbocycles. The van der Waals surface area contributed by atoms with Crippen LogP contribution in [0.2, 0.25) is 10.0 Å². The maximum absolute atomic E-state index is 14.4. The van der Waals surface area contributed by atoms with Crippen molar-refractivity contribution in [2.45, 2.75) is 113 Å². The number of hydrogen-bond donors (Lipinski definition) is 2. The van der Waals surface area contributed by atoms with Crippen molar-refractivity contribution >= 4 is 40.8 Å². The molecule has 0 saturated heterocycles. The summed E-state index contributed by atoms with van der Waals surface area (Å²) in [4.78, 5) is 14.4. The molecule has 0 aliphatic heterocycles. The number of guanidine groups is 1. The van der Waals surface area contributed by atoms with Crippen molar-refractivity contribution in [2.24, 2.45) is 78.3 Å². The molecule has 6 nitrogen and oxygen atoms in total. The Labute approximate surface area is 286 Å². The molecule has 5 aliphatic carbocycles. The number of allylic oxidation sites excluding steroid dienone is 2. The van der Waals surface area contributed by atoms with Crippen molar-refractivity contribution in [1.82, 2.24) is 0 Å². The average Bonchev–Trinajstić information content (AvgIpc) is 2.98. The van der Waals surface area contributed by atoms with Gasteiger partial charge in [0.2, 0.25) is 5.96 Å². The van der Waals surface area contributed by atoms with Crippen molar-refractivity contribution in [3.8, 4) is 0 Å². The average molecular weight is 670 g/mol. The molecule has 1 aromatic carbocycles. The second kappa shape index (κ2) is 11.5. The smallest absolute Gasteiger partial charge is 0.313 e. The van der Waals surface area contributed by atoms with Gasteiger partial charge in [-0.3, -0.25) is 4.79 Å². The number of esters is 1. The van der Waals surface area contributed by atoms with Crippen molar-refractivity contribution in [1.29, 1.82) is 0 Å². The van der Waals surface area contributed by atoms with E-state index in [1.165, 1.54) is 12.0 Å². The number of nitrogens with zero attached hydrogens (tertiary/aromatic N) is 2. The van der Waals surface area contributed by atoms with Gasteiger partial charge in [-0.1, -0.05) is 89.4 Å². The Morgan fingerprint density at radius 3 is 2.33 bits per heavy atom. The van der Waals surface area contributed by atoms with Crippen molar-refractivity contribution in [3.05, 3.63) is 45.5 Å². The lowest BCUT2D eigenvalue weighted by molar-refractivity contribution is -0.185. The molecule has 0 unspecified atom stereocenters. The van der Waals surface area contributed by atoms with Gasteiger partial charge in [0.25, 0.3) is 0 Å². The van der Waals surface area contributed by atoms with Crippen LogP contribution in [0.5, 0.6) is 0 Å². The van der Waals surface area contributed by atoms with Crippen LogP contribution in [0.15, 0.2) is 40.1 Å². The molecule has 0 bridgehead atoms. The molecular weight excluding hydrogens is 615 g/mol. The van der Waals surface area contributed by atoms with Gasteiger partial charge in [0.1, 0.15) is 6.61 Å². The predicted octanol–water partition coefficient (Wildman–Crippen LogP) is 9.32. The summed E-state index contributed by atoms with van der Waals surface area (Å²) in [6.45, 7) is 17.3. The van der Waals surface area contributed by atoms with Gasteiger partial charge in [0.15, 0.2) is 0 Å². The topological polar surface area (TPSA) is 103 Å². The van der Waals surface area contributed by atoms with Crippen LogP contribution >= 0.6 is 23.2 Å². The zero-order chi connectivity index (χ0) is 33.4. The molecule has 4 N–H and O–H groups in total. The molecule has 8 heteroatoms. The van der Waals surface area contributed by atoms with Gasteiger partial charge in [0, 0.05) is 26.7 Å². The predicted molar refractivity (Wildman–Crippen MR) is 188 cm³/mol. The summed E-state index contributed by atoms with van der Waals surface area (Å²) >= 11 is 12.9. The third-order valence-corrected chi connectivity index (χ3v) is 15.6. The molecule has 0 radical (unpaired) electrons. The summed E-state index contributed by atoms with van der Waals surface area (Å²) in [5, 5.41) is 9.72. The van der Waals surface area contributed by atoms with Crippen LogP contribution in [0.25, 0.3) is 0 Å². The van der Waals surface area contributed by atoms with E-state index in [-0.39, 0.29) is 46.1 Å². The van der Waals surface area contributed by atoms with E-state index in [2.05, 4.69) is 64.7 Å². The zero-order valence-corrected chi connectivity index (χ0v) is 30.4. The van der Waals surface area contributed by atoms with Crippen LogP contribution in [-0.4, -0.2) is 17.6 Å². The van der Waals surface area contributed by atoms with Gasteiger partial charge in [-0.2, -0.15) is 5.10 Å². The molecule has 0 spiro atoms. The maximum Gasteiger partial charge on any atom is 0.313 e. The number of rotatable bonds is 4. The Morgan fingerprint density at radius 2 is 1.65 bits per heavy atom. The number of benzene rings is 1. The van der Waals surface area contributed by atoms with E-state index in [9.17, 15) is 4.79 Å². The number of carbonyl (C=O) groups excluding carboxylic acids is 1. The SMILES string of the molecule is C[C@H]1[C@H](C)CC[C@]2(C(=O)OCc3c(Cl)cccc3Cl)CC[C@]3(C)C(=CC[C@@H]4[C@@]5(C)CC/C(=N\N=C(N)N)C(C)(C)[C@@H]5CC[C@]43C)[C@H]12. The quantitative estimate of drug-likeness (QED) is 0.110. The molecule has 0 amide bonds. The number of halogens is 2. The summed E-state index contributed by atoms with van der Waals surface area (Å²) in [6.07, 6.45) is 11.8. The van der Waals surface area contributed by atoms with E-state index in [1.807, 2.05) is 6.07 Å². The fourth-order valence-corrected chi connectivity index (χ4v) is 12.4. The lowest BCUT2D eigenvalue weighted by Crippen LogP contribution is -2.65. The number of fused-ring (bicyclic) bond motifs is 7. The van der Waals surface area contributed by atoms with E-state index < -0.39 is 5.41 Å². The standard InChI is InChI=1S/C38H54Cl2N4O2/c1-22-13-18-38(32(45)46-21-24-26(39)9-8-10-27(24)40)20-19-36(6)25(31(38)23(22)2)11-12-29-35(5)16-15-30(43-44-33(41)42)34(3,4)28(35)14-17-37(29,36)7/h8-11,22-23,28-29,31H,12-21H2,1-7H3,(H4,41,42,44)/b43-30+/t22-,23+,28+,29-,31+,35+,36-,37-,38+/m1/s1. The molecular formula is C38H54Cl2N4O2. The lowest BCUT2D eigenvalue weighted by atomic mass is 9.33. The highest BCUT2D eigenvalue weighted by molar-refractivity contribution is 6.35. The minimum absolute atomic E-state index is 0.0157. The highest BCUT2D eigenvalue weighted by Crippen LogP contribution is 2.75. The summed E-state index contributed by atoms with van der Waals surface area (Å²) in [7, 11) is 0. The fraction of sp³-hybridized carbons (Fsp3) is 0.711. The number of nitrogens with two attached hydrogens (primary N) is 2. The van der Waals surface area contributed by atoms with Gasteiger partial charge in [-0.05, 0) is 116 Å². The van der Waals surface area contributed by atoms with Gasteiger partial charge < -0.3 is 16.2 Å². The van der Waals surface area contributed by atoms with Crippen LogP contribution in [0.3, 0.4) is 0 Å². The maximum atomic E-state index is 14.4. The minimum atomic E-state index is -0.515. The Bertz CT molecular complexity index is 1480. The highest BCUT2D eigenvalue weighted by atomic mass is 35.5. The van der Waals surface area contributed by atoms with Crippen LogP contribution in [0.1, 0.15) is 112 Å². The lowest BCUT2D eigenvalue weighted by Gasteiger charge is -2.71. The summed E-state index contributed by atoms with van der Waals surface area (Å²) in [6, 6.07) is 5.43. The Kier molecular flexibility index (Phi) is 8.48. The second-order valence-electron chi connectivity index (χ2n) is 16.9. The second-order valence-corrected chi connectivity index (χ2v) is 17.7. The Hall–Kier alpha value is -2.05. The van der Waals surface area contributed by atoms with Crippen LogP contribution in [0.4, 0.5) is 0 Å². The third kappa shape index (κ3) is 4.81. The van der Waals surface area contributed by atoms with Crippen molar-refractivity contribution in [3.63, 3.8) is 0 Å². The molecule has 1 aromatic rings. The molecule has 4 fully saturated rings.